The molecule has 1 aromatic rings. The molecule has 1 aliphatic heterocycles. The maximum atomic E-state index is 12.6. The highest BCUT2D eigenvalue weighted by Crippen LogP contribution is 2.30. The summed E-state index contributed by atoms with van der Waals surface area (Å²) in [6, 6.07) is 3.56. The predicted octanol–water partition coefficient (Wildman–Crippen LogP) is 2.95. The van der Waals surface area contributed by atoms with E-state index in [9.17, 15) is 13.2 Å². The Morgan fingerprint density at radius 3 is 2.80 bits per heavy atom. The Kier molecular flexibility index (Phi) is 4.14. The Labute approximate surface area is 114 Å². The predicted molar refractivity (Wildman–Crippen MR) is 66.0 cm³/mol. The third-order valence-corrected chi connectivity index (χ3v) is 3.19. The fraction of sp³-hybridized carbons (Fsp3) is 0.538. The highest BCUT2D eigenvalue weighted by atomic mass is 19.4. The zero-order valence-electron chi connectivity index (χ0n) is 10.9. The van der Waals surface area contributed by atoms with Crippen LogP contribution in [0.3, 0.4) is 0 Å². The Bertz CT molecular complexity index is 519. The minimum Gasteiger partial charge on any atom is -0.376 e. The number of ether oxygens (including phenoxy) is 1. The van der Waals surface area contributed by atoms with Crippen LogP contribution in [0.5, 0.6) is 0 Å². The molecule has 0 spiro atoms. The number of aromatic nitrogens is 1. The van der Waals surface area contributed by atoms with Crippen molar-refractivity contribution in [2.75, 3.05) is 11.9 Å². The molecular weight excluding hydrogens is 271 g/mol. The monoisotopic (exact) mass is 285 g/mol. The van der Waals surface area contributed by atoms with E-state index in [1.807, 2.05) is 6.07 Å². The zero-order valence-corrected chi connectivity index (χ0v) is 10.9. The molecule has 0 bridgehead atoms. The van der Waals surface area contributed by atoms with E-state index < -0.39 is 11.9 Å². The molecule has 4 nitrogen and oxygen atoms in total. The lowest BCUT2D eigenvalue weighted by molar-refractivity contribution is -0.141. The van der Waals surface area contributed by atoms with Crippen molar-refractivity contribution in [2.45, 2.75) is 38.1 Å². The van der Waals surface area contributed by atoms with Crippen molar-refractivity contribution in [2.24, 2.45) is 0 Å². The van der Waals surface area contributed by atoms with E-state index >= 15 is 0 Å². The smallest absolute Gasteiger partial charge is 0.376 e. The van der Waals surface area contributed by atoms with Crippen LogP contribution >= 0.6 is 0 Å². The number of nitrogens with one attached hydrogen (secondary N) is 1. The van der Waals surface area contributed by atoms with Crippen LogP contribution in [-0.4, -0.2) is 23.7 Å². The highest BCUT2D eigenvalue weighted by molar-refractivity contribution is 5.53. The summed E-state index contributed by atoms with van der Waals surface area (Å²) in [6.45, 7) is 2.46. The summed E-state index contributed by atoms with van der Waals surface area (Å²) in [5.74, 6) is -0.0506. The first-order chi connectivity index (χ1) is 9.41. The minimum atomic E-state index is -4.53. The van der Waals surface area contributed by atoms with E-state index in [0.717, 1.165) is 25.0 Å². The Hall–Kier alpha value is -1.81. The summed E-state index contributed by atoms with van der Waals surface area (Å²) in [5.41, 5.74) is -0.929. The third kappa shape index (κ3) is 3.20. The van der Waals surface area contributed by atoms with Crippen molar-refractivity contribution in [3.8, 4) is 6.07 Å². The van der Waals surface area contributed by atoms with Gasteiger partial charge in [-0.25, -0.2) is 4.98 Å². The maximum absolute atomic E-state index is 12.6. The molecule has 2 rings (SSSR count). The van der Waals surface area contributed by atoms with E-state index in [1.165, 1.54) is 0 Å². The summed E-state index contributed by atoms with van der Waals surface area (Å²) in [6.07, 6.45) is -2.83. The van der Waals surface area contributed by atoms with Gasteiger partial charge in [-0.15, -0.1) is 0 Å². The molecule has 1 saturated heterocycles. The zero-order chi connectivity index (χ0) is 14.8. The van der Waals surface area contributed by atoms with Gasteiger partial charge < -0.3 is 10.1 Å². The van der Waals surface area contributed by atoms with E-state index in [-0.39, 0.29) is 23.5 Å². The Balaban J connectivity index is 2.22. The molecule has 0 amide bonds. The lowest BCUT2D eigenvalue weighted by Crippen LogP contribution is -2.31. The van der Waals surface area contributed by atoms with Crippen molar-refractivity contribution in [1.29, 1.82) is 5.26 Å². The first kappa shape index (κ1) is 14.6. The normalized spacial score (nSPS) is 20.4. The van der Waals surface area contributed by atoms with Crippen LogP contribution in [-0.2, 0) is 10.9 Å². The SMILES string of the molecule is CC(Nc1nc(C(F)(F)F)ccc1C#N)C1CCCO1. The number of pyridine rings is 1. The number of nitriles is 1. The van der Waals surface area contributed by atoms with Crippen LogP contribution in [0.25, 0.3) is 0 Å². The van der Waals surface area contributed by atoms with Gasteiger partial charge >= 0.3 is 6.18 Å². The fourth-order valence-corrected chi connectivity index (χ4v) is 2.12. The lowest BCUT2D eigenvalue weighted by Gasteiger charge is -2.21. The molecule has 20 heavy (non-hydrogen) atoms. The Morgan fingerprint density at radius 1 is 1.50 bits per heavy atom. The first-order valence-corrected chi connectivity index (χ1v) is 6.28. The summed E-state index contributed by atoms with van der Waals surface area (Å²) >= 11 is 0. The number of hydrogen-bond donors (Lipinski definition) is 1. The van der Waals surface area contributed by atoms with Gasteiger partial charge in [0.25, 0.3) is 0 Å². The summed E-state index contributed by atoms with van der Waals surface area (Å²) < 4.78 is 43.4. The van der Waals surface area contributed by atoms with Gasteiger partial charge in [-0.3, -0.25) is 0 Å². The second kappa shape index (κ2) is 5.67. The van der Waals surface area contributed by atoms with Gasteiger partial charge in [-0.1, -0.05) is 0 Å². The van der Waals surface area contributed by atoms with Crippen molar-refractivity contribution in [3.63, 3.8) is 0 Å². The van der Waals surface area contributed by atoms with Gasteiger partial charge in [0.05, 0.1) is 17.7 Å². The van der Waals surface area contributed by atoms with Gasteiger partial charge in [0.15, 0.2) is 0 Å². The molecule has 2 heterocycles. The highest BCUT2D eigenvalue weighted by Gasteiger charge is 2.33. The molecule has 7 heteroatoms. The molecule has 1 aliphatic rings. The quantitative estimate of drug-likeness (QED) is 0.927. The molecule has 108 valence electrons. The summed E-state index contributed by atoms with van der Waals surface area (Å²) in [7, 11) is 0. The molecule has 0 radical (unpaired) electrons. The number of nitrogens with zero attached hydrogens (tertiary/aromatic N) is 2. The molecule has 0 aliphatic carbocycles. The summed E-state index contributed by atoms with van der Waals surface area (Å²) in [5, 5.41) is 11.8. The van der Waals surface area contributed by atoms with Crippen LogP contribution < -0.4 is 5.32 Å². The van der Waals surface area contributed by atoms with Crippen LogP contribution in [0, 0.1) is 11.3 Å². The van der Waals surface area contributed by atoms with Crippen molar-refractivity contribution < 1.29 is 17.9 Å². The number of rotatable bonds is 3. The fourth-order valence-electron chi connectivity index (χ4n) is 2.12. The van der Waals surface area contributed by atoms with Crippen molar-refractivity contribution >= 4 is 5.82 Å². The van der Waals surface area contributed by atoms with Crippen molar-refractivity contribution in [3.05, 3.63) is 23.4 Å². The van der Waals surface area contributed by atoms with Gasteiger partial charge in [-0.2, -0.15) is 18.4 Å². The van der Waals surface area contributed by atoms with Gasteiger partial charge in [0.2, 0.25) is 0 Å². The van der Waals surface area contributed by atoms with Crippen LogP contribution in [0.4, 0.5) is 19.0 Å². The van der Waals surface area contributed by atoms with E-state index in [1.54, 1.807) is 6.92 Å². The molecule has 1 N–H and O–H groups in total. The second-order valence-electron chi connectivity index (χ2n) is 4.69. The molecule has 1 fully saturated rings. The van der Waals surface area contributed by atoms with Gasteiger partial charge in [0, 0.05) is 6.61 Å². The molecule has 0 saturated carbocycles. The van der Waals surface area contributed by atoms with Gasteiger partial charge in [-0.05, 0) is 31.9 Å². The average Bonchev–Trinajstić information content (AvgIpc) is 2.91. The van der Waals surface area contributed by atoms with E-state index in [2.05, 4.69) is 10.3 Å². The number of hydrogen-bond acceptors (Lipinski definition) is 4. The third-order valence-electron chi connectivity index (χ3n) is 3.19. The summed E-state index contributed by atoms with van der Waals surface area (Å²) in [4.78, 5) is 3.51. The van der Waals surface area contributed by atoms with Crippen LogP contribution in [0.15, 0.2) is 12.1 Å². The van der Waals surface area contributed by atoms with E-state index in [4.69, 9.17) is 10.00 Å². The average molecular weight is 285 g/mol. The van der Waals surface area contributed by atoms with Crippen LogP contribution in [0.1, 0.15) is 31.0 Å². The molecule has 2 atom stereocenters. The molecule has 0 aromatic carbocycles. The molecule has 1 aromatic heterocycles. The minimum absolute atomic E-state index is 0.0506. The van der Waals surface area contributed by atoms with Crippen LogP contribution in [0.2, 0.25) is 0 Å². The number of anilines is 1. The number of halogens is 3. The number of alkyl halides is 3. The Morgan fingerprint density at radius 2 is 2.25 bits per heavy atom. The molecule has 2 unspecified atom stereocenters. The van der Waals surface area contributed by atoms with Gasteiger partial charge in [0.1, 0.15) is 17.6 Å². The largest absolute Gasteiger partial charge is 0.433 e. The maximum Gasteiger partial charge on any atom is 0.433 e. The lowest BCUT2D eigenvalue weighted by atomic mass is 10.1. The topological polar surface area (TPSA) is 57.9 Å². The van der Waals surface area contributed by atoms with Crippen molar-refractivity contribution in [1.82, 2.24) is 4.98 Å². The first-order valence-electron chi connectivity index (χ1n) is 6.28. The van der Waals surface area contributed by atoms with E-state index in [0.29, 0.717) is 6.61 Å². The second-order valence-corrected chi connectivity index (χ2v) is 4.69. The standard InChI is InChI=1S/C13H14F3N3O/c1-8(10-3-2-6-20-10)18-12-9(7-17)4-5-11(19-12)13(14,15)16/h4-5,8,10H,2-3,6H2,1H3,(H,18,19). The molecular formula is C13H14F3N3O.